The van der Waals surface area contributed by atoms with Crippen LogP contribution in [0.2, 0.25) is 0 Å². The van der Waals surface area contributed by atoms with Gasteiger partial charge in [-0.3, -0.25) is 4.79 Å². The van der Waals surface area contributed by atoms with Crippen LogP contribution in [-0.4, -0.2) is 11.5 Å². The molecule has 0 aliphatic heterocycles. The van der Waals surface area contributed by atoms with Gasteiger partial charge in [0.15, 0.2) is 5.78 Å². The Kier molecular flexibility index (Phi) is 4.49. The molecule has 0 aliphatic rings. The molecule has 104 valence electrons. The van der Waals surface area contributed by atoms with Crippen LogP contribution in [0.1, 0.15) is 17.3 Å². The fourth-order valence-corrected chi connectivity index (χ4v) is 2.28. The second-order valence-corrected chi connectivity index (χ2v) is 5.22. The number of rotatable bonds is 4. The molecule has 1 nitrogen and oxygen atoms in total. The normalized spacial score (nSPS) is 10.8. The number of halogens is 3. The lowest BCUT2D eigenvalue weighted by Gasteiger charge is -2.07. The zero-order chi connectivity index (χ0) is 14.7. The van der Waals surface area contributed by atoms with Gasteiger partial charge in [0.25, 0.3) is 5.76 Å². The van der Waals surface area contributed by atoms with E-state index in [2.05, 4.69) is 0 Å². The zero-order valence-electron chi connectivity index (χ0n) is 10.6. The van der Waals surface area contributed by atoms with Gasteiger partial charge in [-0.05, 0) is 42.8 Å². The molecule has 2 aromatic rings. The molecule has 0 fully saturated rings. The Morgan fingerprint density at radius 2 is 1.75 bits per heavy atom. The molecular weight excluding hydrogens is 285 g/mol. The van der Waals surface area contributed by atoms with Crippen molar-refractivity contribution in [3.63, 3.8) is 0 Å². The molecule has 0 unspecified atom stereocenters. The molecule has 0 heterocycles. The Labute approximate surface area is 118 Å². The van der Waals surface area contributed by atoms with E-state index in [1.807, 2.05) is 0 Å². The predicted molar refractivity (Wildman–Crippen MR) is 73.7 cm³/mol. The lowest BCUT2D eigenvalue weighted by Crippen LogP contribution is -1.94. The quantitative estimate of drug-likeness (QED) is 0.582. The Morgan fingerprint density at radius 3 is 2.30 bits per heavy atom. The molecule has 5 heteroatoms. The SMILES string of the molecule is CC(=O)c1ccc(F)c(-c2ccc(SC(F)F)cc2)c1. The van der Waals surface area contributed by atoms with Crippen LogP contribution in [0.15, 0.2) is 47.4 Å². The zero-order valence-corrected chi connectivity index (χ0v) is 11.4. The molecule has 0 aromatic heterocycles. The Bertz CT molecular complexity index is 624. The van der Waals surface area contributed by atoms with Crippen molar-refractivity contribution in [3.8, 4) is 11.1 Å². The highest BCUT2D eigenvalue weighted by Gasteiger charge is 2.10. The largest absolute Gasteiger partial charge is 0.295 e. The standard InChI is InChI=1S/C15H11F3OS/c1-9(19)11-4-7-14(16)13(8-11)10-2-5-12(6-3-10)20-15(17)18/h2-8,15H,1H3. The van der Waals surface area contributed by atoms with Gasteiger partial charge in [0.05, 0.1) is 0 Å². The van der Waals surface area contributed by atoms with E-state index in [0.29, 0.717) is 27.8 Å². The highest BCUT2D eigenvalue weighted by Crippen LogP contribution is 2.29. The lowest BCUT2D eigenvalue weighted by molar-refractivity contribution is 0.101. The Morgan fingerprint density at radius 1 is 1.10 bits per heavy atom. The highest BCUT2D eigenvalue weighted by atomic mass is 32.2. The summed E-state index contributed by atoms with van der Waals surface area (Å²) >= 11 is 0.433. The molecule has 0 N–H and O–H groups in total. The van der Waals surface area contributed by atoms with E-state index in [0.717, 1.165) is 0 Å². The summed E-state index contributed by atoms with van der Waals surface area (Å²) in [5, 5.41) is 0. The van der Waals surface area contributed by atoms with Crippen LogP contribution in [0.4, 0.5) is 13.2 Å². The van der Waals surface area contributed by atoms with Crippen molar-refractivity contribution >= 4 is 17.5 Å². The average Bonchev–Trinajstić information content (AvgIpc) is 2.39. The number of hydrogen-bond donors (Lipinski definition) is 0. The molecule has 0 spiro atoms. The maximum absolute atomic E-state index is 13.8. The maximum atomic E-state index is 13.8. The van der Waals surface area contributed by atoms with Crippen molar-refractivity contribution in [2.75, 3.05) is 0 Å². The Balaban J connectivity index is 2.36. The van der Waals surface area contributed by atoms with Crippen molar-refractivity contribution in [1.82, 2.24) is 0 Å². The first-order valence-electron chi connectivity index (χ1n) is 5.83. The average molecular weight is 296 g/mol. The predicted octanol–water partition coefficient (Wildman–Crippen LogP) is 5.01. The number of benzene rings is 2. The minimum absolute atomic E-state index is 0.156. The monoisotopic (exact) mass is 296 g/mol. The third-order valence-electron chi connectivity index (χ3n) is 2.76. The second kappa shape index (κ2) is 6.13. The fourth-order valence-electron chi connectivity index (χ4n) is 1.78. The van der Waals surface area contributed by atoms with Gasteiger partial charge in [-0.25, -0.2) is 4.39 Å². The van der Waals surface area contributed by atoms with Crippen LogP contribution in [-0.2, 0) is 0 Å². The third kappa shape index (κ3) is 3.42. The van der Waals surface area contributed by atoms with Crippen molar-refractivity contribution in [2.24, 2.45) is 0 Å². The molecule has 2 rings (SSSR count). The van der Waals surface area contributed by atoms with Crippen molar-refractivity contribution in [1.29, 1.82) is 0 Å². The van der Waals surface area contributed by atoms with Gasteiger partial charge in [0.1, 0.15) is 5.82 Å². The minimum atomic E-state index is -2.49. The molecule has 0 atom stereocenters. The number of thioether (sulfide) groups is 1. The molecule has 0 saturated heterocycles. The van der Waals surface area contributed by atoms with Crippen molar-refractivity contribution in [3.05, 3.63) is 53.8 Å². The van der Waals surface area contributed by atoms with Gasteiger partial charge in [-0.15, -0.1) is 0 Å². The van der Waals surface area contributed by atoms with Gasteiger partial charge < -0.3 is 0 Å². The molecule has 0 radical (unpaired) electrons. The van der Waals surface area contributed by atoms with Crippen LogP contribution in [0.5, 0.6) is 0 Å². The van der Waals surface area contributed by atoms with E-state index in [9.17, 15) is 18.0 Å². The first kappa shape index (κ1) is 14.7. The number of alkyl halides is 2. The topological polar surface area (TPSA) is 17.1 Å². The molecule has 0 bridgehead atoms. The highest BCUT2D eigenvalue weighted by molar-refractivity contribution is 7.99. The molecule has 0 saturated carbocycles. The summed E-state index contributed by atoms with van der Waals surface area (Å²) in [6.07, 6.45) is 0. The van der Waals surface area contributed by atoms with Crippen LogP contribution in [0.3, 0.4) is 0 Å². The van der Waals surface area contributed by atoms with E-state index in [-0.39, 0.29) is 11.3 Å². The van der Waals surface area contributed by atoms with Crippen molar-refractivity contribution in [2.45, 2.75) is 17.6 Å². The van der Waals surface area contributed by atoms with Crippen LogP contribution < -0.4 is 0 Å². The summed E-state index contributed by atoms with van der Waals surface area (Å²) in [7, 11) is 0. The number of Topliss-reactive ketones (excluding diaryl/α,β-unsaturated/α-hetero) is 1. The Hall–Kier alpha value is -1.75. The summed E-state index contributed by atoms with van der Waals surface area (Å²) in [5.41, 5.74) is 1.24. The molecular formula is C15H11F3OS. The van der Waals surface area contributed by atoms with E-state index in [1.54, 1.807) is 12.1 Å². The summed E-state index contributed by atoms with van der Waals surface area (Å²) in [5.74, 6) is -3.10. The summed E-state index contributed by atoms with van der Waals surface area (Å²) in [4.78, 5) is 11.7. The molecule has 2 aromatic carbocycles. The van der Waals surface area contributed by atoms with E-state index in [4.69, 9.17) is 0 Å². The summed E-state index contributed by atoms with van der Waals surface area (Å²) in [6, 6.07) is 10.3. The third-order valence-corrected chi connectivity index (χ3v) is 3.49. The van der Waals surface area contributed by atoms with Crippen molar-refractivity contribution < 1.29 is 18.0 Å². The second-order valence-electron chi connectivity index (χ2n) is 4.15. The van der Waals surface area contributed by atoms with Gasteiger partial charge in [0, 0.05) is 16.0 Å². The number of carbonyl (C=O) groups excluding carboxylic acids is 1. The van der Waals surface area contributed by atoms with Crippen LogP contribution in [0, 0.1) is 5.82 Å². The van der Waals surface area contributed by atoms with Crippen LogP contribution >= 0.6 is 11.8 Å². The minimum Gasteiger partial charge on any atom is -0.295 e. The molecule has 0 amide bonds. The maximum Gasteiger partial charge on any atom is 0.288 e. The van der Waals surface area contributed by atoms with Crippen LogP contribution in [0.25, 0.3) is 11.1 Å². The molecule has 0 aliphatic carbocycles. The number of carbonyl (C=O) groups is 1. The van der Waals surface area contributed by atoms with Gasteiger partial charge in [-0.2, -0.15) is 8.78 Å². The van der Waals surface area contributed by atoms with Gasteiger partial charge in [0.2, 0.25) is 0 Å². The summed E-state index contributed by atoms with van der Waals surface area (Å²) in [6.45, 7) is 1.40. The smallest absolute Gasteiger partial charge is 0.288 e. The number of ketones is 1. The first-order valence-corrected chi connectivity index (χ1v) is 6.71. The van der Waals surface area contributed by atoms with Gasteiger partial charge >= 0.3 is 0 Å². The lowest BCUT2D eigenvalue weighted by atomic mass is 10.0. The first-order chi connectivity index (χ1) is 9.47. The van der Waals surface area contributed by atoms with Gasteiger partial charge in [-0.1, -0.05) is 23.9 Å². The van der Waals surface area contributed by atoms with E-state index < -0.39 is 11.6 Å². The molecule has 20 heavy (non-hydrogen) atoms. The van der Waals surface area contributed by atoms with E-state index >= 15 is 0 Å². The fraction of sp³-hybridized carbons (Fsp3) is 0.133. The summed E-state index contributed by atoms with van der Waals surface area (Å²) < 4.78 is 38.2. The van der Waals surface area contributed by atoms with E-state index in [1.165, 1.54) is 37.3 Å². The number of hydrogen-bond acceptors (Lipinski definition) is 2.